The molecule has 3 aromatic carbocycles. The number of hydrogen-bond acceptors (Lipinski definition) is 6. The summed E-state index contributed by atoms with van der Waals surface area (Å²) in [6, 6.07) is 27.1. The van der Waals surface area contributed by atoms with E-state index in [4.69, 9.17) is 4.74 Å². The fourth-order valence-corrected chi connectivity index (χ4v) is 5.54. The van der Waals surface area contributed by atoms with Crippen molar-refractivity contribution in [1.82, 2.24) is 9.62 Å². The molecule has 0 radical (unpaired) electrons. The Morgan fingerprint density at radius 3 is 2.00 bits per heavy atom. The third kappa shape index (κ3) is 6.91. The molecule has 0 unspecified atom stereocenters. The van der Waals surface area contributed by atoms with Crippen LogP contribution in [0.1, 0.15) is 35.4 Å². The maximum absolute atomic E-state index is 13.8. The zero-order chi connectivity index (χ0) is 26.3. The standard InChI is InChI=1S/C29H32N2O5S/c1-37(34,35)31(29(33)27(23-15-7-3-8-16-23)24-17-9-4-10-18-24)28(32)26-20-25(21-30-26)36-19-11-14-22-12-5-2-6-13-22/h2-10,12-13,15-18,25-27,30H,11,14,19-21H2,1H3/t25-,26-/m0/s1. The number of aryl methyl sites for hydroxylation is 1. The van der Waals surface area contributed by atoms with E-state index in [1.54, 1.807) is 48.5 Å². The molecule has 3 aromatic rings. The van der Waals surface area contributed by atoms with Crippen LogP contribution in [0.25, 0.3) is 0 Å². The Kier molecular flexibility index (Phi) is 8.87. The summed E-state index contributed by atoms with van der Waals surface area (Å²) in [5.74, 6) is -2.51. The summed E-state index contributed by atoms with van der Waals surface area (Å²) in [5.41, 5.74) is 2.45. The van der Waals surface area contributed by atoms with Crippen LogP contribution in [0.5, 0.6) is 0 Å². The number of sulfonamides is 1. The van der Waals surface area contributed by atoms with Gasteiger partial charge in [-0.25, -0.2) is 8.42 Å². The fraction of sp³-hybridized carbons (Fsp3) is 0.310. The van der Waals surface area contributed by atoms with Crippen LogP contribution in [-0.4, -0.2) is 56.1 Å². The lowest BCUT2D eigenvalue weighted by molar-refractivity contribution is -0.140. The highest BCUT2D eigenvalue weighted by Gasteiger charge is 2.42. The molecule has 0 aromatic heterocycles. The number of nitrogens with one attached hydrogen (secondary N) is 1. The second-order valence-electron chi connectivity index (χ2n) is 9.24. The fourth-order valence-electron chi connectivity index (χ4n) is 4.65. The smallest absolute Gasteiger partial charge is 0.260 e. The SMILES string of the molecule is CS(=O)(=O)N(C(=O)C(c1ccccc1)c1ccccc1)C(=O)[C@@H]1C[C@H](OCCCc2ccccc2)CN1. The first-order chi connectivity index (χ1) is 17.8. The van der Waals surface area contributed by atoms with Gasteiger partial charge in [0.1, 0.15) is 0 Å². The van der Waals surface area contributed by atoms with E-state index < -0.39 is 33.8 Å². The largest absolute Gasteiger partial charge is 0.377 e. The number of nitrogens with zero attached hydrogens (tertiary/aromatic N) is 1. The molecule has 194 valence electrons. The predicted octanol–water partition coefficient (Wildman–Crippen LogP) is 3.51. The van der Waals surface area contributed by atoms with E-state index in [0.717, 1.165) is 19.1 Å². The van der Waals surface area contributed by atoms with Crippen molar-refractivity contribution in [1.29, 1.82) is 0 Å². The molecule has 0 saturated carbocycles. The van der Waals surface area contributed by atoms with Gasteiger partial charge in [0.25, 0.3) is 11.8 Å². The molecule has 2 amide bonds. The molecular weight excluding hydrogens is 488 g/mol. The molecule has 1 aliphatic heterocycles. The third-order valence-electron chi connectivity index (χ3n) is 6.44. The summed E-state index contributed by atoms with van der Waals surface area (Å²) in [6.07, 6.45) is 2.68. The van der Waals surface area contributed by atoms with Gasteiger partial charge in [-0.1, -0.05) is 91.0 Å². The summed E-state index contributed by atoms with van der Waals surface area (Å²) < 4.78 is 32.0. The molecule has 1 saturated heterocycles. The van der Waals surface area contributed by atoms with Crippen molar-refractivity contribution < 1.29 is 22.7 Å². The first kappa shape index (κ1) is 26.7. The molecule has 0 bridgehead atoms. The lowest BCUT2D eigenvalue weighted by Gasteiger charge is -2.26. The molecule has 0 aliphatic carbocycles. The van der Waals surface area contributed by atoms with Gasteiger partial charge in [0.2, 0.25) is 10.0 Å². The van der Waals surface area contributed by atoms with E-state index in [0.29, 0.717) is 35.0 Å². The molecule has 37 heavy (non-hydrogen) atoms. The number of carbonyl (C=O) groups is 2. The lowest BCUT2D eigenvalue weighted by atomic mass is 9.90. The van der Waals surface area contributed by atoms with Crippen LogP contribution in [0.2, 0.25) is 0 Å². The Labute approximate surface area is 218 Å². The van der Waals surface area contributed by atoms with Crippen LogP contribution >= 0.6 is 0 Å². The predicted molar refractivity (Wildman–Crippen MR) is 142 cm³/mol. The van der Waals surface area contributed by atoms with Gasteiger partial charge >= 0.3 is 0 Å². The van der Waals surface area contributed by atoms with Gasteiger partial charge in [0.05, 0.1) is 24.3 Å². The summed E-state index contributed by atoms with van der Waals surface area (Å²) in [6.45, 7) is 0.940. The van der Waals surface area contributed by atoms with E-state index in [1.165, 1.54) is 5.56 Å². The van der Waals surface area contributed by atoms with Crippen LogP contribution < -0.4 is 5.32 Å². The average molecular weight is 521 g/mol. The Balaban J connectivity index is 1.45. The summed E-state index contributed by atoms with van der Waals surface area (Å²) >= 11 is 0. The van der Waals surface area contributed by atoms with E-state index in [2.05, 4.69) is 17.4 Å². The normalized spacial score (nSPS) is 17.6. The van der Waals surface area contributed by atoms with Crippen LogP contribution in [0, 0.1) is 0 Å². The summed E-state index contributed by atoms with van der Waals surface area (Å²) in [5, 5.41) is 3.06. The van der Waals surface area contributed by atoms with Crippen LogP contribution in [0.4, 0.5) is 0 Å². The van der Waals surface area contributed by atoms with Crippen molar-refractivity contribution in [3.8, 4) is 0 Å². The number of imide groups is 1. The van der Waals surface area contributed by atoms with Crippen molar-refractivity contribution in [3.05, 3.63) is 108 Å². The number of rotatable bonds is 10. The molecule has 4 rings (SSSR count). The number of amides is 2. The molecule has 7 nitrogen and oxygen atoms in total. The first-order valence-electron chi connectivity index (χ1n) is 12.4. The maximum atomic E-state index is 13.8. The average Bonchev–Trinajstić information content (AvgIpc) is 3.37. The van der Waals surface area contributed by atoms with E-state index >= 15 is 0 Å². The highest BCUT2D eigenvalue weighted by Crippen LogP contribution is 2.29. The Hall–Kier alpha value is -3.33. The van der Waals surface area contributed by atoms with Crippen molar-refractivity contribution in [2.45, 2.75) is 37.3 Å². The van der Waals surface area contributed by atoms with E-state index in [9.17, 15) is 18.0 Å². The van der Waals surface area contributed by atoms with Gasteiger partial charge < -0.3 is 10.1 Å². The molecular formula is C29H32N2O5S. The Morgan fingerprint density at radius 2 is 1.46 bits per heavy atom. The minimum Gasteiger partial charge on any atom is -0.377 e. The third-order valence-corrected chi connectivity index (χ3v) is 7.46. The maximum Gasteiger partial charge on any atom is 0.260 e. The number of ether oxygens (including phenoxy) is 1. The Bertz CT molecular complexity index is 1240. The summed E-state index contributed by atoms with van der Waals surface area (Å²) in [4.78, 5) is 27.3. The molecule has 1 aliphatic rings. The minimum absolute atomic E-state index is 0.236. The highest BCUT2D eigenvalue weighted by molar-refractivity contribution is 7.89. The van der Waals surface area contributed by atoms with Gasteiger partial charge in [-0.15, -0.1) is 0 Å². The van der Waals surface area contributed by atoms with Gasteiger partial charge in [-0.05, 0) is 36.0 Å². The van der Waals surface area contributed by atoms with E-state index in [1.807, 2.05) is 30.3 Å². The topological polar surface area (TPSA) is 92.8 Å². The molecule has 2 atom stereocenters. The van der Waals surface area contributed by atoms with E-state index in [-0.39, 0.29) is 6.10 Å². The van der Waals surface area contributed by atoms with Gasteiger partial charge in [0.15, 0.2) is 0 Å². The molecule has 1 fully saturated rings. The van der Waals surface area contributed by atoms with Crippen molar-refractivity contribution in [2.24, 2.45) is 0 Å². The number of carbonyl (C=O) groups excluding carboxylic acids is 2. The highest BCUT2D eigenvalue weighted by atomic mass is 32.2. The van der Waals surface area contributed by atoms with Gasteiger partial charge in [0, 0.05) is 13.2 Å². The molecule has 8 heteroatoms. The quantitative estimate of drug-likeness (QED) is 0.411. The van der Waals surface area contributed by atoms with Crippen LogP contribution in [0.15, 0.2) is 91.0 Å². The van der Waals surface area contributed by atoms with Crippen LogP contribution in [0.3, 0.4) is 0 Å². The number of hydrogen-bond donors (Lipinski definition) is 1. The monoisotopic (exact) mass is 520 g/mol. The molecule has 0 spiro atoms. The van der Waals surface area contributed by atoms with Gasteiger partial charge in [-0.2, -0.15) is 4.31 Å². The van der Waals surface area contributed by atoms with Gasteiger partial charge in [-0.3, -0.25) is 9.59 Å². The van der Waals surface area contributed by atoms with Crippen molar-refractivity contribution >= 4 is 21.8 Å². The Morgan fingerprint density at radius 1 is 0.919 bits per heavy atom. The zero-order valence-electron chi connectivity index (χ0n) is 20.8. The van der Waals surface area contributed by atoms with Crippen LogP contribution in [-0.2, 0) is 30.8 Å². The first-order valence-corrected chi connectivity index (χ1v) is 14.3. The molecule has 1 N–H and O–H groups in total. The minimum atomic E-state index is -4.18. The number of benzene rings is 3. The summed E-state index contributed by atoms with van der Waals surface area (Å²) in [7, 11) is -4.18. The lowest BCUT2D eigenvalue weighted by Crippen LogP contribution is -2.50. The van der Waals surface area contributed by atoms with Crippen molar-refractivity contribution in [2.75, 3.05) is 19.4 Å². The van der Waals surface area contributed by atoms with Crippen molar-refractivity contribution in [3.63, 3.8) is 0 Å². The zero-order valence-corrected chi connectivity index (χ0v) is 21.6. The second-order valence-corrected chi connectivity index (χ2v) is 11.1. The molecule has 1 heterocycles. The second kappa shape index (κ2) is 12.3.